The fraction of sp³-hybridized carbons (Fsp3) is 0.500. The molecule has 1 N–H and O–H groups in total. The summed E-state index contributed by atoms with van der Waals surface area (Å²) in [5.74, 6) is 0. The minimum atomic E-state index is 0.0128. The number of hydrogen-bond donors (Lipinski definition) is 1. The minimum Gasteiger partial charge on any atom is -0.324 e. The van der Waals surface area contributed by atoms with Crippen LogP contribution in [0.1, 0.15) is 68.6 Å². The first-order valence-corrected chi connectivity index (χ1v) is 11.3. The van der Waals surface area contributed by atoms with Gasteiger partial charge >= 0.3 is 6.03 Å². The largest absolute Gasteiger partial charge is 0.324 e. The Hall–Kier alpha value is -2.29. The predicted molar refractivity (Wildman–Crippen MR) is 125 cm³/mol. The smallest absolute Gasteiger partial charge is 0.321 e. The van der Waals surface area contributed by atoms with Gasteiger partial charge in [0.15, 0.2) is 0 Å². The number of carbonyl (C=O) groups excluding carboxylic acids is 1. The number of benzene rings is 2. The Morgan fingerprint density at radius 1 is 0.862 bits per heavy atom. The molecule has 0 aliphatic carbocycles. The molecule has 0 saturated carbocycles. The first-order chi connectivity index (χ1) is 14.1. The molecule has 0 atom stereocenters. The van der Waals surface area contributed by atoms with Crippen molar-refractivity contribution in [3.8, 4) is 0 Å². The molecular formula is C26H38N2O. The van der Waals surface area contributed by atoms with E-state index in [1.807, 2.05) is 30.0 Å². The maximum atomic E-state index is 13.0. The Balaban J connectivity index is 1.90. The van der Waals surface area contributed by atoms with Gasteiger partial charge in [0, 0.05) is 18.8 Å². The van der Waals surface area contributed by atoms with E-state index in [2.05, 4.69) is 49.5 Å². The average Bonchev–Trinajstić information content (AvgIpc) is 2.72. The number of anilines is 1. The third-order valence-electron chi connectivity index (χ3n) is 5.46. The summed E-state index contributed by atoms with van der Waals surface area (Å²) in [4.78, 5) is 15.0. The van der Waals surface area contributed by atoms with Crippen LogP contribution in [0.25, 0.3) is 0 Å². The fourth-order valence-corrected chi connectivity index (χ4v) is 3.63. The highest BCUT2D eigenvalue weighted by Crippen LogP contribution is 2.17. The molecule has 2 aromatic rings. The molecule has 29 heavy (non-hydrogen) atoms. The Labute approximate surface area is 177 Å². The maximum absolute atomic E-state index is 13.0. The van der Waals surface area contributed by atoms with E-state index < -0.39 is 0 Å². The Kier molecular flexibility index (Phi) is 10.3. The topological polar surface area (TPSA) is 32.3 Å². The molecule has 2 aromatic carbocycles. The number of unbranched alkanes of at least 4 members (excludes halogenated alkanes) is 6. The third kappa shape index (κ3) is 8.72. The Morgan fingerprint density at radius 2 is 1.55 bits per heavy atom. The molecule has 0 aromatic heterocycles. The zero-order valence-electron chi connectivity index (χ0n) is 18.5. The van der Waals surface area contributed by atoms with E-state index in [-0.39, 0.29) is 6.03 Å². The summed E-state index contributed by atoms with van der Waals surface area (Å²) in [6, 6.07) is 16.6. The van der Waals surface area contributed by atoms with Gasteiger partial charge in [0.2, 0.25) is 0 Å². The zero-order valence-corrected chi connectivity index (χ0v) is 18.5. The van der Waals surface area contributed by atoms with E-state index in [4.69, 9.17) is 0 Å². The standard InChI is InChI=1S/C26H38N2O/c1-4-5-6-7-8-9-13-19-28(20-18-24-14-11-10-12-15-24)26(29)27-25-17-16-22(2)21-23(25)3/h10-12,14-17,21H,4-9,13,18-20H2,1-3H3,(H,27,29). The molecular weight excluding hydrogens is 356 g/mol. The van der Waals surface area contributed by atoms with Crippen molar-refractivity contribution in [2.75, 3.05) is 18.4 Å². The van der Waals surface area contributed by atoms with Crippen LogP contribution in [0.3, 0.4) is 0 Å². The molecule has 3 heteroatoms. The van der Waals surface area contributed by atoms with Crippen LogP contribution < -0.4 is 5.32 Å². The van der Waals surface area contributed by atoms with Gasteiger partial charge in [-0.3, -0.25) is 0 Å². The van der Waals surface area contributed by atoms with E-state index >= 15 is 0 Å². The molecule has 0 radical (unpaired) electrons. The number of aryl methyl sites for hydroxylation is 2. The second kappa shape index (κ2) is 13.0. The van der Waals surface area contributed by atoms with Crippen molar-refractivity contribution in [2.24, 2.45) is 0 Å². The molecule has 3 nitrogen and oxygen atoms in total. The number of nitrogens with zero attached hydrogens (tertiary/aromatic N) is 1. The van der Waals surface area contributed by atoms with Crippen molar-refractivity contribution >= 4 is 11.7 Å². The summed E-state index contributed by atoms with van der Waals surface area (Å²) in [6.45, 7) is 7.94. The van der Waals surface area contributed by atoms with Crippen molar-refractivity contribution in [1.82, 2.24) is 4.90 Å². The van der Waals surface area contributed by atoms with Crippen molar-refractivity contribution in [3.05, 3.63) is 65.2 Å². The summed E-state index contributed by atoms with van der Waals surface area (Å²) < 4.78 is 0. The zero-order chi connectivity index (χ0) is 20.9. The molecule has 2 rings (SSSR count). The molecule has 0 saturated heterocycles. The van der Waals surface area contributed by atoms with Gasteiger partial charge in [-0.15, -0.1) is 0 Å². The summed E-state index contributed by atoms with van der Waals surface area (Å²) in [5.41, 5.74) is 4.50. The molecule has 0 unspecified atom stereocenters. The fourth-order valence-electron chi connectivity index (χ4n) is 3.63. The van der Waals surface area contributed by atoms with Gasteiger partial charge in [-0.1, -0.05) is 93.5 Å². The minimum absolute atomic E-state index is 0.0128. The van der Waals surface area contributed by atoms with E-state index in [1.54, 1.807) is 0 Å². The van der Waals surface area contributed by atoms with Gasteiger partial charge in [0.1, 0.15) is 0 Å². The lowest BCUT2D eigenvalue weighted by Gasteiger charge is -2.24. The van der Waals surface area contributed by atoms with Gasteiger partial charge < -0.3 is 10.2 Å². The molecule has 2 amide bonds. The Bertz CT molecular complexity index is 727. The number of urea groups is 1. The second-order valence-electron chi connectivity index (χ2n) is 8.09. The number of rotatable bonds is 12. The normalized spacial score (nSPS) is 10.7. The van der Waals surface area contributed by atoms with Crippen LogP contribution in [0.4, 0.5) is 10.5 Å². The Morgan fingerprint density at radius 3 is 2.24 bits per heavy atom. The van der Waals surface area contributed by atoms with Crippen LogP contribution in [0, 0.1) is 13.8 Å². The number of amides is 2. The van der Waals surface area contributed by atoms with Gasteiger partial charge in [-0.25, -0.2) is 4.79 Å². The number of nitrogens with one attached hydrogen (secondary N) is 1. The quantitative estimate of drug-likeness (QED) is 0.381. The SMILES string of the molecule is CCCCCCCCCN(CCc1ccccc1)C(=O)Nc1ccc(C)cc1C. The van der Waals surface area contributed by atoms with Crippen LogP contribution in [0.2, 0.25) is 0 Å². The lowest BCUT2D eigenvalue weighted by molar-refractivity contribution is 0.211. The molecule has 158 valence electrons. The summed E-state index contributed by atoms with van der Waals surface area (Å²) in [5, 5.41) is 3.13. The third-order valence-corrected chi connectivity index (χ3v) is 5.46. The highest BCUT2D eigenvalue weighted by atomic mass is 16.2. The number of carbonyl (C=O) groups is 1. The lowest BCUT2D eigenvalue weighted by atomic mass is 10.1. The van der Waals surface area contributed by atoms with Crippen LogP contribution in [0.15, 0.2) is 48.5 Å². The predicted octanol–water partition coefficient (Wildman–Crippen LogP) is 7.13. The van der Waals surface area contributed by atoms with E-state index in [0.717, 1.165) is 37.2 Å². The molecule has 0 aliphatic heterocycles. The summed E-state index contributed by atoms with van der Waals surface area (Å²) in [7, 11) is 0. The first-order valence-electron chi connectivity index (χ1n) is 11.3. The van der Waals surface area contributed by atoms with Gasteiger partial charge in [-0.05, 0) is 43.9 Å². The van der Waals surface area contributed by atoms with Crippen LogP contribution in [0.5, 0.6) is 0 Å². The van der Waals surface area contributed by atoms with Crippen LogP contribution in [-0.2, 0) is 6.42 Å². The van der Waals surface area contributed by atoms with Crippen molar-refractivity contribution in [1.29, 1.82) is 0 Å². The monoisotopic (exact) mass is 394 g/mol. The van der Waals surface area contributed by atoms with Crippen molar-refractivity contribution in [2.45, 2.75) is 72.1 Å². The summed E-state index contributed by atoms with van der Waals surface area (Å²) in [6.07, 6.45) is 9.69. The van der Waals surface area contributed by atoms with Crippen LogP contribution in [-0.4, -0.2) is 24.0 Å². The number of hydrogen-bond acceptors (Lipinski definition) is 1. The molecule has 0 heterocycles. The maximum Gasteiger partial charge on any atom is 0.321 e. The highest BCUT2D eigenvalue weighted by molar-refractivity contribution is 5.90. The van der Waals surface area contributed by atoms with E-state index in [9.17, 15) is 4.79 Å². The molecule has 0 fully saturated rings. The van der Waals surface area contributed by atoms with Gasteiger partial charge in [0.05, 0.1) is 0 Å². The first kappa shape index (κ1) is 23.0. The van der Waals surface area contributed by atoms with Crippen LogP contribution >= 0.6 is 0 Å². The second-order valence-corrected chi connectivity index (χ2v) is 8.09. The summed E-state index contributed by atoms with van der Waals surface area (Å²) >= 11 is 0. The molecule has 0 bridgehead atoms. The lowest BCUT2D eigenvalue weighted by Crippen LogP contribution is -2.37. The van der Waals surface area contributed by atoms with E-state index in [1.165, 1.54) is 49.7 Å². The van der Waals surface area contributed by atoms with Crippen molar-refractivity contribution in [3.63, 3.8) is 0 Å². The molecule has 0 spiro atoms. The van der Waals surface area contributed by atoms with E-state index in [0.29, 0.717) is 0 Å². The van der Waals surface area contributed by atoms with Crippen molar-refractivity contribution < 1.29 is 4.79 Å². The highest BCUT2D eigenvalue weighted by Gasteiger charge is 2.14. The average molecular weight is 395 g/mol. The molecule has 0 aliphatic rings. The van der Waals surface area contributed by atoms with Gasteiger partial charge in [0.25, 0.3) is 0 Å². The van der Waals surface area contributed by atoms with Gasteiger partial charge in [-0.2, -0.15) is 0 Å².